The Morgan fingerprint density at radius 1 is 1.27 bits per heavy atom. The van der Waals surface area contributed by atoms with Crippen LogP contribution in [-0.2, 0) is 7.05 Å². The molecule has 1 aromatic heterocycles. The highest BCUT2D eigenvalue weighted by Crippen LogP contribution is 2.68. The van der Waals surface area contributed by atoms with Gasteiger partial charge >= 0.3 is 0 Å². The SMILES string of the molecule is Cc1cc(C(=O)N2C[C@@H](O)[C@@]3(C2)[C@H](CO)[C@H]3c2ccccc2)c(C)n1C. The minimum Gasteiger partial charge on any atom is -0.396 e. The van der Waals surface area contributed by atoms with Gasteiger partial charge in [0.15, 0.2) is 0 Å². The third-order valence-corrected chi connectivity index (χ3v) is 6.69. The van der Waals surface area contributed by atoms with E-state index in [1.165, 1.54) is 0 Å². The Hall–Kier alpha value is -2.11. The molecule has 5 nitrogen and oxygen atoms in total. The fourth-order valence-electron chi connectivity index (χ4n) is 4.96. The van der Waals surface area contributed by atoms with E-state index < -0.39 is 11.5 Å². The van der Waals surface area contributed by atoms with Gasteiger partial charge in [0.2, 0.25) is 0 Å². The molecule has 1 amide bonds. The number of aliphatic hydroxyl groups is 2. The van der Waals surface area contributed by atoms with E-state index in [0.29, 0.717) is 18.7 Å². The lowest BCUT2D eigenvalue weighted by Crippen LogP contribution is -2.30. The highest BCUT2D eigenvalue weighted by molar-refractivity contribution is 5.96. The number of β-amino-alcohol motifs (C(OH)–C–C–N with tert-alkyl or cyclic N) is 1. The van der Waals surface area contributed by atoms with Crippen molar-refractivity contribution in [2.24, 2.45) is 18.4 Å². The predicted molar refractivity (Wildman–Crippen MR) is 99.0 cm³/mol. The van der Waals surface area contributed by atoms with Gasteiger partial charge in [-0.3, -0.25) is 4.79 Å². The highest BCUT2D eigenvalue weighted by Gasteiger charge is 2.71. The van der Waals surface area contributed by atoms with Gasteiger partial charge in [0.05, 0.1) is 11.7 Å². The molecule has 4 rings (SSSR count). The van der Waals surface area contributed by atoms with E-state index in [4.69, 9.17) is 0 Å². The molecule has 0 unspecified atom stereocenters. The second kappa shape index (κ2) is 5.96. The van der Waals surface area contributed by atoms with Crippen LogP contribution < -0.4 is 0 Å². The van der Waals surface area contributed by atoms with Gasteiger partial charge in [-0.2, -0.15) is 0 Å². The van der Waals surface area contributed by atoms with Gasteiger partial charge in [0.1, 0.15) is 0 Å². The van der Waals surface area contributed by atoms with Gasteiger partial charge in [-0.05, 0) is 37.3 Å². The molecule has 1 aromatic carbocycles. The number of hydrogen-bond acceptors (Lipinski definition) is 3. The summed E-state index contributed by atoms with van der Waals surface area (Å²) in [6.07, 6.45) is -0.612. The maximum Gasteiger partial charge on any atom is 0.255 e. The summed E-state index contributed by atoms with van der Waals surface area (Å²) in [6.45, 7) is 4.78. The molecule has 2 N–H and O–H groups in total. The number of aliphatic hydroxyl groups excluding tert-OH is 2. The molecule has 1 aliphatic heterocycles. The van der Waals surface area contributed by atoms with Crippen LogP contribution in [0, 0.1) is 25.2 Å². The zero-order valence-electron chi connectivity index (χ0n) is 15.5. The van der Waals surface area contributed by atoms with E-state index in [0.717, 1.165) is 17.0 Å². The van der Waals surface area contributed by atoms with Crippen LogP contribution in [0.25, 0.3) is 0 Å². The van der Waals surface area contributed by atoms with E-state index in [9.17, 15) is 15.0 Å². The average Bonchev–Trinajstić information content (AvgIpc) is 3.08. The van der Waals surface area contributed by atoms with E-state index in [1.54, 1.807) is 4.90 Å². The maximum absolute atomic E-state index is 13.1. The van der Waals surface area contributed by atoms with Crippen LogP contribution in [0.5, 0.6) is 0 Å². The Kier molecular flexibility index (Phi) is 3.97. The quantitative estimate of drug-likeness (QED) is 0.884. The van der Waals surface area contributed by atoms with Crippen molar-refractivity contribution in [3.8, 4) is 0 Å². The molecular formula is C21H26N2O3. The van der Waals surface area contributed by atoms with Crippen LogP contribution in [0.3, 0.4) is 0 Å². The van der Waals surface area contributed by atoms with Crippen LogP contribution in [-0.4, -0.2) is 51.4 Å². The lowest BCUT2D eigenvalue weighted by molar-refractivity contribution is 0.0763. The molecule has 1 saturated heterocycles. The normalized spacial score (nSPS) is 30.2. The lowest BCUT2D eigenvalue weighted by Gasteiger charge is -2.17. The van der Waals surface area contributed by atoms with Gasteiger partial charge in [0, 0.05) is 43.5 Å². The number of rotatable bonds is 3. The number of hydrogen-bond donors (Lipinski definition) is 2. The van der Waals surface area contributed by atoms with Crippen molar-refractivity contribution in [1.82, 2.24) is 9.47 Å². The van der Waals surface area contributed by atoms with Crippen molar-refractivity contribution in [3.05, 3.63) is 58.9 Å². The average molecular weight is 354 g/mol. The van der Waals surface area contributed by atoms with Crippen molar-refractivity contribution in [2.75, 3.05) is 19.7 Å². The molecule has 2 aromatic rings. The fraction of sp³-hybridized carbons (Fsp3) is 0.476. The number of nitrogens with zero attached hydrogens (tertiary/aromatic N) is 2. The largest absolute Gasteiger partial charge is 0.396 e. The topological polar surface area (TPSA) is 65.7 Å². The lowest BCUT2D eigenvalue weighted by atomic mass is 9.95. The summed E-state index contributed by atoms with van der Waals surface area (Å²) in [6, 6.07) is 11.9. The third-order valence-electron chi connectivity index (χ3n) is 6.69. The van der Waals surface area contributed by atoms with Crippen LogP contribution in [0.4, 0.5) is 0 Å². The van der Waals surface area contributed by atoms with Crippen LogP contribution in [0.15, 0.2) is 36.4 Å². The number of benzene rings is 1. The molecule has 1 spiro atoms. The number of aromatic nitrogens is 1. The van der Waals surface area contributed by atoms with Gasteiger partial charge in [-0.1, -0.05) is 30.3 Å². The molecule has 1 saturated carbocycles. The van der Waals surface area contributed by atoms with E-state index in [2.05, 4.69) is 0 Å². The van der Waals surface area contributed by atoms with E-state index in [1.807, 2.05) is 61.9 Å². The predicted octanol–water partition coefficient (Wildman–Crippen LogP) is 1.85. The molecule has 2 aliphatic rings. The van der Waals surface area contributed by atoms with Crippen LogP contribution >= 0.6 is 0 Å². The van der Waals surface area contributed by atoms with Crippen molar-refractivity contribution >= 4 is 5.91 Å². The number of aryl methyl sites for hydroxylation is 1. The number of likely N-dealkylation sites (tertiary alicyclic amines) is 1. The maximum atomic E-state index is 13.1. The molecule has 0 bridgehead atoms. The first-order valence-electron chi connectivity index (χ1n) is 9.18. The van der Waals surface area contributed by atoms with Gasteiger partial charge in [-0.25, -0.2) is 0 Å². The van der Waals surface area contributed by atoms with Crippen molar-refractivity contribution in [2.45, 2.75) is 25.9 Å². The molecular weight excluding hydrogens is 328 g/mol. The second-order valence-corrected chi connectivity index (χ2v) is 7.84. The molecule has 2 fully saturated rings. The molecule has 138 valence electrons. The van der Waals surface area contributed by atoms with E-state index in [-0.39, 0.29) is 24.3 Å². The van der Waals surface area contributed by atoms with Crippen molar-refractivity contribution in [1.29, 1.82) is 0 Å². The van der Waals surface area contributed by atoms with Crippen LogP contribution in [0.1, 0.15) is 33.2 Å². The van der Waals surface area contributed by atoms with E-state index >= 15 is 0 Å². The summed E-state index contributed by atoms with van der Waals surface area (Å²) in [4.78, 5) is 14.8. The summed E-state index contributed by atoms with van der Waals surface area (Å²) in [5.41, 5.74) is 3.39. The third kappa shape index (κ3) is 2.27. The highest BCUT2D eigenvalue weighted by atomic mass is 16.3. The zero-order chi connectivity index (χ0) is 18.6. The Labute approximate surface area is 153 Å². The Bertz CT molecular complexity index is 844. The molecule has 26 heavy (non-hydrogen) atoms. The second-order valence-electron chi connectivity index (χ2n) is 7.84. The Morgan fingerprint density at radius 2 is 1.96 bits per heavy atom. The molecule has 1 aliphatic carbocycles. The van der Waals surface area contributed by atoms with Gasteiger partial charge < -0.3 is 19.7 Å². The van der Waals surface area contributed by atoms with Gasteiger partial charge in [0.25, 0.3) is 5.91 Å². The van der Waals surface area contributed by atoms with Gasteiger partial charge in [-0.15, -0.1) is 0 Å². The molecule has 0 radical (unpaired) electrons. The minimum atomic E-state index is -0.612. The van der Waals surface area contributed by atoms with Crippen molar-refractivity contribution < 1.29 is 15.0 Å². The molecule has 5 heteroatoms. The number of carbonyl (C=O) groups is 1. The standard InChI is InChI=1S/C21H26N2O3/c1-13-9-16(14(2)22(13)3)20(26)23-10-18(25)21(12-23)17(11-24)19(21)15-7-5-4-6-8-15/h4-9,17-19,24-25H,10-12H2,1-3H3/t17-,18-,19-,21-/m1/s1. The monoisotopic (exact) mass is 354 g/mol. The zero-order valence-corrected chi connectivity index (χ0v) is 15.5. The summed E-state index contributed by atoms with van der Waals surface area (Å²) in [5, 5.41) is 20.7. The smallest absolute Gasteiger partial charge is 0.255 e. The number of amides is 1. The summed E-state index contributed by atoms with van der Waals surface area (Å²) in [7, 11) is 1.95. The summed E-state index contributed by atoms with van der Waals surface area (Å²) in [5.74, 6) is 0.0638. The first-order valence-corrected chi connectivity index (χ1v) is 9.18. The van der Waals surface area contributed by atoms with Crippen molar-refractivity contribution in [3.63, 3.8) is 0 Å². The summed E-state index contributed by atoms with van der Waals surface area (Å²) < 4.78 is 2.01. The molecule has 4 atom stereocenters. The minimum absolute atomic E-state index is 0.00342. The number of carbonyl (C=O) groups excluding carboxylic acids is 1. The fourth-order valence-corrected chi connectivity index (χ4v) is 4.96. The van der Waals surface area contributed by atoms with Crippen LogP contribution in [0.2, 0.25) is 0 Å². The first kappa shape index (κ1) is 17.3. The Morgan fingerprint density at radius 3 is 2.54 bits per heavy atom. The summed E-state index contributed by atoms with van der Waals surface area (Å²) >= 11 is 0. The molecule has 2 heterocycles. The first-order chi connectivity index (χ1) is 12.4. The Balaban J connectivity index is 1.62.